The van der Waals surface area contributed by atoms with E-state index in [1.54, 1.807) is 35.7 Å². The van der Waals surface area contributed by atoms with Gasteiger partial charge in [0.2, 0.25) is 0 Å². The van der Waals surface area contributed by atoms with E-state index in [0.29, 0.717) is 11.6 Å². The minimum Gasteiger partial charge on any atom is -0.343 e. The summed E-state index contributed by atoms with van der Waals surface area (Å²) in [4.78, 5) is 30.5. The maximum absolute atomic E-state index is 12.6. The fourth-order valence-electron chi connectivity index (χ4n) is 3.45. The summed E-state index contributed by atoms with van der Waals surface area (Å²) in [7, 11) is 1.82. The maximum Gasteiger partial charge on any atom is 0.274 e. The summed E-state index contributed by atoms with van der Waals surface area (Å²) in [6.45, 7) is 1.52. The molecule has 0 bridgehead atoms. The van der Waals surface area contributed by atoms with E-state index in [0.717, 1.165) is 49.6 Å². The predicted octanol–water partition coefficient (Wildman–Crippen LogP) is 1.70. The normalized spacial score (nSPS) is 17.4. The minimum absolute atomic E-state index is 0.00858. The Balaban J connectivity index is 1.44. The fraction of sp³-hybridized carbons (Fsp3) is 0.389. The molecular weight excluding hydrogens is 330 g/mol. The zero-order valence-corrected chi connectivity index (χ0v) is 14.7. The number of imidazole rings is 1. The molecule has 4 heterocycles. The molecule has 1 atom stereocenters. The molecule has 3 aromatic heterocycles. The molecule has 8 nitrogen and oxygen atoms in total. The van der Waals surface area contributed by atoms with Crippen molar-refractivity contribution in [2.75, 3.05) is 13.1 Å². The second-order valence-corrected chi connectivity index (χ2v) is 6.67. The topological polar surface area (TPSA) is 92.6 Å². The molecule has 1 saturated heterocycles. The molecule has 1 fully saturated rings. The summed E-state index contributed by atoms with van der Waals surface area (Å²) in [5.74, 6) is 1.13. The van der Waals surface area contributed by atoms with E-state index in [2.05, 4.69) is 25.0 Å². The highest BCUT2D eigenvalue weighted by atomic mass is 16.2. The number of nitrogens with zero attached hydrogens (tertiary/aromatic N) is 6. The van der Waals surface area contributed by atoms with Gasteiger partial charge in [-0.1, -0.05) is 0 Å². The Morgan fingerprint density at radius 3 is 3.04 bits per heavy atom. The number of amides is 1. The number of hydrogen-bond acceptors (Lipinski definition) is 5. The van der Waals surface area contributed by atoms with Crippen molar-refractivity contribution in [2.45, 2.75) is 19.3 Å². The highest BCUT2D eigenvalue weighted by molar-refractivity contribution is 5.92. The first kappa shape index (κ1) is 16.4. The van der Waals surface area contributed by atoms with Crippen molar-refractivity contribution in [1.29, 1.82) is 0 Å². The molecule has 0 saturated carbocycles. The monoisotopic (exact) mass is 351 g/mol. The smallest absolute Gasteiger partial charge is 0.274 e. The zero-order chi connectivity index (χ0) is 17.9. The second-order valence-electron chi connectivity index (χ2n) is 6.67. The van der Waals surface area contributed by atoms with Crippen LogP contribution < -0.4 is 0 Å². The van der Waals surface area contributed by atoms with Crippen LogP contribution in [0.1, 0.15) is 29.0 Å². The van der Waals surface area contributed by atoms with Crippen LogP contribution >= 0.6 is 0 Å². The van der Waals surface area contributed by atoms with Gasteiger partial charge in [0.1, 0.15) is 17.7 Å². The minimum atomic E-state index is 0.00858. The molecule has 0 aliphatic carbocycles. The number of carbonyl (C=O) groups excluding carboxylic acids is 1. The van der Waals surface area contributed by atoms with Gasteiger partial charge in [0, 0.05) is 44.4 Å². The number of likely N-dealkylation sites (tertiary alicyclic amines) is 1. The number of aromatic amines is 1. The molecule has 1 aliphatic heterocycles. The van der Waals surface area contributed by atoms with Crippen LogP contribution in [-0.2, 0) is 13.5 Å². The van der Waals surface area contributed by atoms with E-state index in [4.69, 9.17) is 0 Å². The van der Waals surface area contributed by atoms with Crippen molar-refractivity contribution in [3.8, 4) is 11.5 Å². The Labute approximate surface area is 151 Å². The van der Waals surface area contributed by atoms with E-state index in [1.165, 1.54) is 0 Å². The Hall–Kier alpha value is -3.03. The quantitative estimate of drug-likeness (QED) is 0.772. The summed E-state index contributed by atoms with van der Waals surface area (Å²) >= 11 is 0. The third-order valence-electron chi connectivity index (χ3n) is 4.70. The number of H-pyrrole nitrogens is 1. The van der Waals surface area contributed by atoms with Gasteiger partial charge < -0.3 is 9.88 Å². The van der Waals surface area contributed by atoms with Gasteiger partial charge in [-0.25, -0.2) is 15.0 Å². The lowest BCUT2D eigenvalue weighted by Gasteiger charge is -2.32. The van der Waals surface area contributed by atoms with E-state index in [9.17, 15) is 4.79 Å². The van der Waals surface area contributed by atoms with Crippen LogP contribution in [-0.4, -0.2) is 53.6 Å². The van der Waals surface area contributed by atoms with Crippen molar-refractivity contribution in [3.63, 3.8) is 0 Å². The molecule has 0 spiro atoms. The van der Waals surface area contributed by atoms with E-state index < -0.39 is 0 Å². The van der Waals surface area contributed by atoms with Gasteiger partial charge >= 0.3 is 0 Å². The van der Waals surface area contributed by atoms with Crippen LogP contribution in [0, 0.1) is 5.92 Å². The molecule has 134 valence electrons. The van der Waals surface area contributed by atoms with Crippen LogP contribution in [0.2, 0.25) is 0 Å². The number of nitrogens with one attached hydrogen (secondary N) is 1. The van der Waals surface area contributed by atoms with Gasteiger partial charge in [0.15, 0.2) is 5.82 Å². The fourth-order valence-corrected chi connectivity index (χ4v) is 3.45. The molecule has 1 aliphatic rings. The molecule has 0 aromatic carbocycles. The lowest BCUT2D eigenvalue weighted by molar-refractivity contribution is 0.0666. The summed E-state index contributed by atoms with van der Waals surface area (Å²) in [5.41, 5.74) is 2.27. The zero-order valence-electron chi connectivity index (χ0n) is 14.7. The van der Waals surface area contributed by atoms with E-state index in [-0.39, 0.29) is 5.91 Å². The van der Waals surface area contributed by atoms with Crippen LogP contribution in [0.3, 0.4) is 0 Å². The molecule has 26 heavy (non-hydrogen) atoms. The van der Waals surface area contributed by atoms with Crippen LogP contribution in [0.15, 0.2) is 37.1 Å². The summed E-state index contributed by atoms with van der Waals surface area (Å²) in [5, 5.41) is 4.23. The number of carbonyl (C=O) groups is 1. The van der Waals surface area contributed by atoms with Gasteiger partial charge in [-0.3, -0.25) is 9.48 Å². The Morgan fingerprint density at radius 2 is 2.27 bits per heavy atom. The SMILES string of the molecule is Cn1ccc(C(=O)N2CCCC(Cc3cc(-c4ncc[nH]4)ncn3)C2)n1. The average Bonchev–Trinajstić information content (AvgIpc) is 3.33. The molecule has 8 heteroatoms. The lowest BCUT2D eigenvalue weighted by atomic mass is 9.93. The van der Waals surface area contributed by atoms with Crippen LogP contribution in [0.4, 0.5) is 0 Å². The third kappa shape index (κ3) is 3.49. The molecular formula is C18H21N7O. The van der Waals surface area contributed by atoms with E-state index >= 15 is 0 Å². The summed E-state index contributed by atoms with van der Waals surface area (Å²) in [6, 6.07) is 3.74. The number of piperidine rings is 1. The number of hydrogen-bond donors (Lipinski definition) is 1. The average molecular weight is 351 g/mol. The van der Waals surface area contributed by atoms with Gasteiger partial charge in [-0.15, -0.1) is 0 Å². The van der Waals surface area contributed by atoms with Gasteiger partial charge in [0.25, 0.3) is 5.91 Å². The van der Waals surface area contributed by atoms with Crippen LogP contribution in [0.5, 0.6) is 0 Å². The van der Waals surface area contributed by atoms with Crippen molar-refractivity contribution < 1.29 is 4.79 Å². The molecule has 1 amide bonds. The van der Waals surface area contributed by atoms with Crippen molar-refractivity contribution >= 4 is 5.91 Å². The first-order valence-corrected chi connectivity index (χ1v) is 8.78. The lowest BCUT2D eigenvalue weighted by Crippen LogP contribution is -2.40. The second kappa shape index (κ2) is 7.07. The first-order valence-electron chi connectivity index (χ1n) is 8.78. The van der Waals surface area contributed by atoms with Crippen molar-refractivity contribution in [3.05, 3.63) is 48.4 Å². The molecule has 1 N–H and O–H groups in total. The predicted molar refractivity (Wildman–Crippen MR) is 95.2 cm³/mol. The highest BCUT2D eigenvalue weighted by Gasteiger charge is 2.26. The number of rotatable bonds is 4. The number of aromatic nitrogens is 6. The standard InChI is InChI=1S/C18H21N7O/c1-24-8-4-15(23-24)18(26)25-7-2-3-13(11-25)9-14-10-16(22-12-21-14)17-19-5-6-20-17/h4-6,8,10,12-13H,2-3,7,9,11H2,1H3,(H,19,20). The molecule has 3 aromatic rings. The van der Waals surface area contributed by atoms with Crippen molar-refractivity contribution in [2.24, 2.45) is 13.0 Å². The molecule has 0 radical (unpaired) electrons. The summed E-state index contributed by atoms with van der Waals surface area (Å²) in [6.07, 6.45) is 9.77. The van der Waals surface area contributed by atoms with E-state index in [1.807, 2.05) is 18.0 Å². The highest BCUT2D eigenvalue weighted by Crippen LogP contribution is 2.22. The third-order valence-corrected chi connectivity index (χ3v) is 4.70. The van der Waals surface area contributed by atoms with Gasteiger partial charge in [-0.2, -0.15) is 5.10 Å². The molecule has 4 rings (SSSR count). The van der Waals surface area contributed by atoms with Gasteiger partial charge in [-0.05, 0) is 37.3 Å². The van der Waals surface area contributed by atoms with Gasteiger partial charge in [0.05, 0.1) is 0 Å². The first-order chi connectivity index (χ1) is 12.7. The molecule has 1 unspecified atom stereocenters. The van der Waals surface area contributed by atoms with Crippen molar-refractivity contribution in [1.82, 2.24) is 34.6 Å². The Bertz CT molecular complexity index is 887. The summed E-state index contributed by atoms with van der Waals surface area (Å²) < 4.78 is 1.66. The number of aryl methyl sites for hydroxylation is 1. The Morgan fingerprint density at radius 1 is 1.35 bits per heavy atom. The largest absolute Gasteiger partial charge is 0.343 e. The Kier molecular flexibility index (Phi) is 4.47. The van der Waals surface area contributed by atoms with Crippen LogP contribution in [0.25, 0.3) is 11.5 Å². The maximum atomic E-state index is 12.6.